The van der Waals surface area contributed by atoms with E-state index in [1.165, 1.54) is 25.7 Å². The zero-order chi connectivity index (χ0) is 14.0. The minimum Gasteiger partial charge on any atom is -0.373 e. The summed E-state index contributed by atoms with van der Waals surface area (Å²) in [4.78, 5) is 16.9. The number of ether oxygens (including phenoxy) is 1. The summed E-state index contributed by atoms with van der Waals surface area (Å²) < 4.78 is 5.37. The molecule has 4 atom stereocenters. The molecular weight excluding hydrogens is 270 g/mol. The molecule has 2 bridgehead atoms. The van der Waals surface area contributed by atoms with Crippen LogP contribution in [0.4, 0.5) is 0 Å². The first kappa shape index (κ1) is 13.3. The lowest BCUT2D eigenvalue weighted by atomic mass is 9.87. The summed E-state index contributed by atoms with van der Waals surface area (Å²) in [5, 5.41) is 1.09. The summed E-state index contributed by atoms with van der Waals surface area (Å²) in [5.41, 5.74) is -0.380. The minimum atomic E-state index is -0.431. The van der Waals surface area contributed by atoms with Gasteiger partial charge in [-0.05, 0) is 63.7 Å². The Morgan fingerprint density at radius 2 is 2.20 bits per heavy atom. The quantitative estimate of drug-likeness (QED) is 0.783. The summed E-state index contributed by atoms with van der Waals surface area (Å²) in [6.45, 7) is 4.77. The van der Waals surface area contributed by atoms with Crippen molar-refractivity contribution in [3.63, 3.8) is 0 Å². The van der Waals surface area contributed by atoms with Crippen LogP contribution in [0.1, 0.15) is 52.4 Å². The molecule has 2 aliphatic carbocycles. The van der Waals surface area contributed by atoms with Crippen molar-refractivity contribution in [1.29, 1.82) is 0 Å². The lowest BCUT2D eigenvalue weighted by Gasteiger charge is -2.33. The maximum absolute atomic E-state index is 12.5. The van der Waals surface area contributed by atoms with Crippen LogP contribution < -0.4 is 0 Å². The molecule has 2 saturated carbocycles. The molecule has 20 heavy (non-hydrogen) atoms. The molecule has 1 spiro atoms. The van der Waals surface area contributed by atoms with Crippen molar-refractivity contribution < 1.29 is 9.53 Å². The fourth-order valence-electron chi connectivity index (χ4n) is 4.82. The summed E-state index contributed by atoms with van der Waals surface area (Å²) in [6.07, 6.45) is 7.48. The van der Waals surface area contributed by atoms with Gasteiger partial charge in [0.15, 0.2) is 0 Å². The molecule has 2 heterocycles. The van der Waals surface area contributed by atoms with E-state index in [4.69, 9.17) is 4.74 Å². The summed E-state index contributed by atoms with van der Waals surface area (Å²) in [5.74, 6) is 2.72. The zero-order valence-corrected chi connectivity index (χ0v) is 13.2. The molecule has 0 aromatic rings. The predicted octanol–water partition coefficient (Wildman–Crippen LogP) is 3.42. The van der Waals surface area contributed by atoms with Crippen LogP contribution >= 0.6 is 11.8 Å². The van der Waals surface area contributed by atoms with Crippen molar-refractivity contribution >= 4 is 22.7 Å². The minimum absolute atomic E-state index is 0.0585. The number of rotatable bonds is 2. The van der Waals surface area contributed by atoms with E-state index in [0.29, 0.717) is 6.61 Å². The molecule has 0 radical (unpaired) electrons. The molecule has 3 nitrogen and oxygen atoms in total. The first-order valence-electron chi connectivity index (χ1n) is 7.95. The third-order valence-electron chi connectivity index (χ3n) is 6.07. The van der Waals surface area contributed by atoms with Crippen LogP contribution in [-0.4, -0.2) is 27.9 Å². The van der Waals surface area contributed by atoms with Gasteiger partial charge in [0.05, 0.1) is 10.6 Å². The van der Waals surface area contributed by atoms with Crippen molar-refractivity contribution in [3.05, 3.63) is 0 Å². The highest BCUT2D eigenvalue weighted by Gasteiger charge is 2.60. The van der Waals surface area contributed by atoms with Gasteiger partial charge in [0.25, 0.3) is 5.91 Å². The number of hydrogen-bond donors (Lipinski definition) is 0. The van der Waals surface area contributed by atoms with Gasteiger partial charge >= 0.3 is 0 Å². The molecule has 110 valence electrons. The molecule has 4 heteroatoms. The van der Waals surface area contributed by atoms with Gasteiger partial charge < -0.3 is 4.74 Å². The number of hydrogen-bond acceptors (Lipinski definition) is 3. The van der Waals surface area contributed by atoms with Crippen molar-refractivity contribution in [2.75, 3.05) is 6.61 Å². The van der Waals surface area contributed by atoms with E-state index in [0.717, 1.165) is 35.6 Å². The van der Waals surface area contributed by atoms with Gasteiger partial charge in [-0.3, -0.25) is 4.79 Å². The Labute approximate surface area is 124 Å². The van der Waals surface area contributed by atoms with Gasteiger partial charge in [0, 0.05) is 6.61 Å². The maximum atomic E-state index is 12.5. The van der Waals surface area contributed by atoms with Gasteiger partial charge in [-0.1, -0.05) is 18.2 Å². The van der Waals surface area contributed by atoms with Crippen LogP contribution in [0.5, 0.6) is 0 Å². The first-order valence-corrected chi connectivity index (χ1v) is 8.77. The first-order chi connectivity index (χ1) is 9.50. The summed E-state index contributed by atoms with van der Waals surface area (Å²) in [7, 11) is 0. The normalized spacial score (nSPS) is 45.6. The lowest BCUT2D eigenvalue weighted by Crippen LogP contribution is -2.47. The molecule has 1 amide bonds. The highest BCUT2D eigenvalue weighted by molar-refractivity contribution is 8.16. The number of aliphatic imine (C=N–C) groups is 1. The van der Waals surface area contributed by atoms with Crippen molar-refractivity contribution in [1.82, 2.24) is 0 Å². The molecular formula is C16H23NO2S. The fraction of sp³-hybridized carbons (Fsp3) is 0.875. The number of carbonyl (C=O) groups excluding carboxylic acids is 1. The SMILES string of the molecule is CC1(C)OCCC12SC(C[C@H]1C[C@@H]3CC[C@H]1C3)=NC2=O. The van der Waals surface area contributed by atoms with E-state index >= 15 is 0 Å². The van der Waals surface area contributed by atoms with Gasteiger partial charge in [-0.15, -0.1) is 0 Å². The molecule has 4 rings (SSSR count). The molecule has 3 fully saturated rings. The van der Waals surface area contributed by atoms with Crippen LogP contribution in [0.3, 0.4) is 0 Å². The highest BCUT2D eigenvalue weighted by Crippen LogP contribution is 2.54. The lowest BCUT2D eigenvalue weighted by molar-refractivity contribution is -0.123. The summed E-state index contributed by atoms with van der Waals surface area (Å²) in [6, 6.07) is 0. The number of fused-ring (bicyclic) bond motifs is 2. The smallest absolute Gasteiger partial charge is 0.266 e. The summed E-state index contributed by atoms with van der Waals surface area (Å²) >= 11 is 1.73. The predicted molar refractivity (Wildman–Crippen MR) is 81.0 cm³/mol. The second-order valence-corrected chi connectivity index (χ2v) is 8.86. The Morgan fingerprint density at radius 3 is 2.80 bits per heavy atom. The Balaban J connectivity index is 1.49. The molecule has 0 aromatic carbocycles. The van der Waals surface area contributed by atoms with Crippen LogP contribution in [0.15, 0.2) is 4.99 Å². The third kappa shape index (κ3) is 1.77. The number of nitrogens with zero attached hydrogens (tertiary/aromatic N) is 1. The van der Waals surface area contributed by atoms with Gasteiger partial charge in [-0.25, -0.2) is 4.99 Å². The van der Waals surface area contributed by atoms with Gasteiger partial charge in [0.1, 0.15) is 4.75 Å². The van der Waals surface area contributed by atoms with E-state index in [2.05, 4.69) is 4.99 Å². The van der Waals surface area contributed by atoms with E-state index in [-0.39, 0.29) is 11.5 Å². The zero-order valence-electron chi connectivity index (χ0n) is 12.4. The third-order valence-corrected chi connectivity index (χ3v) is 7.79. The average molecular weight is 293 g/mol. The Bertz CT molecular complexity index is 487. The molecule has 4 aliphatic rings. The number of amides is 1. The van der Waals surface area contributed by atoms with Crippen LogP contribution in [0.2, 0.25) is 0 Å². The van der Waals surface area contributed by atoms with E-state index in [9.17, 15) is 4.79 Å². The van der Waals surface area contributed by atoms with Gasteiger partial charge in [0.2, 0.25) is 0 Å². The average Bonchev–Trinajstić information content (AvgIpc) is 3.09. The Hall–Kier alpha value is -0.350. The number of carbonyl (C=O) groups is 1. The van der Waals surface area contributed by atoms with E-state index in [1.807, 2.05) is 13.8 Å². The standard InChI is InChI=1S/C16H23NO2S/c1-15(2)16(5-6-19-15)14(18)17-13(20-16)9-12-8-10-3-4-11(12)7-10/h10-12H,3-9H2,1-2H3/t10-,11+,12-,16?/m1/s1. The van der Waals surface area contributed by atoms with Crippen molar-refractivity contribution in [3.8, 4) is 0 Å². The van der Waals surface area contributed by atoms with E-state index < -0.39 is 4.75 Å². The molecule has 2 aliphatic heterocycles. The van der Waals surface area contributed by atoms with Crippen LogP contribution in [-0.2, 0) is 9.53 Å². The largest absolute Gasteiger partial charge is 0.373 e. The van der Waals surface area contributed by atoms with Gasteiger partial charge in [-0.2, -0.15) is 0 Å². The second kappa shape index (κ2) is 4.33. The van der Waals surface area contributed by atoms with Crippen LogP contribution in [0, 0.1) is 17.8 Å². The molecule has 0 N–H and O–H groups in total. The topological polar surface area (TPSA) is 38.7 Å². The molecule has 1 unspecified atom stereocenters. The molecule has 0 aromatic heterocycles. The molecule has 1 saturated heterocycles. The van der Waals surface area contributed by atoms with E-state index in [1.54, 1.807) is 11.8 Å². The monoisotopic (exact) mass is 293 g/mol. The second-order valence-electron chi connectivity index (χ2n) is 7.49. The number of thioether (sulfide) groups is 1. The van der Waals surface area contributed by atoms with Crippen molar-refractivity contribution in [2.24, 2.45) is 22.7 Å². The Morgan fingerprint density at radius 1 is 1.35 bits per heavy atom. The van der Waals surface area contributed by atoms with Crippen molar-refractivity contribution in [2.45, 2.75) is 62.7 Å². The highest BCUT2D eigenvalue weighted by atomic mass is 32.2. The Kier molecular flexibility index (Phi) is 2.88. The van der Waals surface area contributed by atoms with Crippen LogP contribution in [0.25, 0.3) is 0 Å². The maximum Gasteiger partial charge on any atom is 0.266 e. The fourth-order valence-corrected chi connectivity index (χ4v) is 6.27.